The van der Waals surface area contributed by atoms with E-state index in [0.29, 0.717) is 17.4 Å². The van der Waals surface area contributed by atoms with E-state index >= 15 is 0 Å². The number of amides is 2. The van der Waals surface area contributed by atoms with Crippen molar-refractivity contribution in [2.24, 2.45) is 0 Å². The second kappa shape index (κ2) is 8.41. The number of rotatable bonds is 7. The zero-order valence-electron chi connectivity index (χ0n) is 17.1. The first-order valence-corrected chi connectivity index (χ1v) is 12.2. The van der Waals surface area contributed by atoms with Gasteiger partial charge in [-0.2, -0.15) is 4.31 Å². The van der Waals surface area contributed by atoms with Crippen LogP contribution in [-0.2, 0) is 26.2 Å². The smallest absolute Gasteiger partial charge is 0.253 e. The van der Waals surface area contributed by atoms with Gasteiger partial charge in [-0.15, -0.1) is 11.3 Å². The summed E-state index contributed by atoms with van der Waals surface area (Å²) < 4.78 is 33.2. The third-order valence-electron chi connectivity index (χ3n) is 5.24. The van der Waals surface area contributed by atoms with Gasteiger partial charge in [0.25, 0.3) is 15.9 Å². The standard InChI is InChI=1S/C22H22N2O5S2/c1-15(2)16-7-9-17(10-8-16)24-20(25)13-19(22(24)26)23(14-18-5-3-11-29-18)31(27,28)21-6-4-12-30-21/h3-12,15,19H,13-14H2,1-2H3. The Hall–Kier alpha value is -2.75. The molecule has 0 spiro atoms. The number of thiophene rings is 1. The van der Waals surface area contributed by atoms with Gasteiger partial charge in [-0.1, -0.05) is 32.0 Å². The van der Waals surface area contributed by atoms with E-state index in [2.05, 4.69) is 13.8 Å². The monoisotopic (exact) mass is 458 g/mol. The Morgan fingerprint density at radius 3 is 2.45 bits per heavy atom. The van der Waals surface area contributed by atoms with Crippen molar-refractivity contribution in [3.8, 4) is 0 Å². The summed E-state index contributed by atoms with van der Waals surface area (Å²) in [5.74, 6) is -0.293. The van der Waals surface area contributed by atoms with Crippen LogP contribution in [0.5, 0.6) is 0 Å². The number of hydrogen-bond acceptors (Lipinski definition) is 6. The molecule has 1 saturated heterocycles. The molecule has 31 heavy (non-hydrogen) atoms. The maximum absolute atomic E-state index is 13.3. The first-order chi connectivity index (χ1) is 14.8. The van der Waals surface area contributed by atoms with Crippen LogP contribution < -0.4 is 4.90 Å². The molecule has 2 amide bonds. The maximum Gasteiger partial charge on any atom is 0.253 e. The number of hydrogen-bond donors (Lipinski definition) is 0. The van der Waals surface area contributed by atoms with E-state index in [1.54, 1.807) is 35.7 Å². The lowest BCUT2D eigenvalue weighted by atomic mass is 10.0. The van der Waals surface area contributed by atoms with E-state index in [-0.39, 0.29) is 17.2 Å². The quantitative estimate of drug-likeness (QED) is 0.500. The number of sulfonamides is 1. The Kier molecular flexibility index (Phi) is 5.83. The van der Waals surface area contributed by atoms with E-state index < -0.39 is 27.9 Å². The van der Waals surface area contributed by atoms with Crippen LogP contribution in [0, 0.1) is 0 Å². The van der Waals surface area contributed by atoms with Crippen molar-refractivity contribution in [1.82, 2.24) is 4.31 Å². The minimum atomic E-state index is -4.01. The summed E-state index contributed by atoms with van der Waals surface area (Å²) in [6.45, 7) is 3.97. The summed E-state index contributed by atoms with van der Waals surface area (Å²) in [7, 11) is -4.01. The van der Waals surface area contributed by atoms with Gasteiger partial charge in [0.2, 0.25) is 5.91 Å². The van der Waals surface area contributed by atoms with Gasteiger partial charge >= 0.3 is 0 Å². The van der Waals surface area contributed by atoms with E-state index in [4.69, 9.17) is 4.42 Å². The average molecular weight is 459 g/mol. The van der Waals surface area contributed by atoms with Crippen LogP contribution in [0.25, 0.3) is 0 Å². The van der Waals surface area contributed by atoms with Crippen molar-refractivity contribution in [2.75, 3.05) is 4.90 Å². The minimum absolute atomic E-state index is 0.110. The molecule has 0 bridgehead atoms. The molecule has 1 aliphatic rings. The number of furan rings is 1. The summed E-state index contributed by atoms with van der Waals surface area (Å²) in [5.41, 5.74) is 1.52. The van der Waals surface area contributed by atoms with Crippen LogP contribution in [0.15, 0.2) is 68.8 Å². The highest BCUT2D eigenvalue weighted by molar-refractivity contribution is 7.91. The van der Waals surface area contributed by atoms with Crippen LogP contribution in [0.3, 0.4) is 0 Å². The van der Waals surface area contributed by atoms with E-state index in [1.165, 1.54) is 12.3 Å². The van der Waals surface area contributed by atoms with E-state index in [9.17, 15) is 18.0 Å². The molecule has 0 radical (unpaired) electrons. The first-order valence-electron chi connectivity index (χ1n) is 9.83. The number of nitrogens with zero attached hydrogens (tertiary/aromatic N) is 2. The molecule has 0 aliphatic carbocycles. The van der Waals surface area contributed by atoms with Crippen LogP contribution >= 0.6 is 11.3 Å². The van der Waals surface area contributed by atoms with Gasteiger partial charge in [0, 0.05) is 0 Å². The fourth-order valence-corrected chi connectivity index (χ4v) is 6.23. The van der Waals surface area contributed by atoms with Crippen molar-refractivity contribution < 1.29 is 22.4 Å². The summed E-state index contributed by atoms with van der Waals surface area (Å²) >= 11 is 1.06. The molecule has 1 aliphatic heterocycles. The molecule has 3 aromatic rings. The van der Waals surface area contributed by atoms with Gasteiger partial charge in [0.15, 0.2) is 0 Å². The first kappa shape index (κ1) is 21.5. The van der Waals surface area contributed by atoms with E-state index in [1.807, 2.05) is 12.1 Å². The number of imide groups is 1. The number of carbonyl (C=O) groups excluding carboxylic acids is 2. The molecule has 162 valence electrons. The van der Waals surface area contributed by atoms with Crippen molar-refractivity contribution in [3.05, 3.63) is 71.5 Å². The summed E-state index contributed by atoms with van der Waals surface area (Å²) in [4.78, 5) is 27.2. The highest BCUT2D eigenvalue weighted by atomic mass is 32.2. The third-order valence-corrected chi connectivity index (χ3v) is 8.47. The molecule has 1 fully saturated rings. The summed E-state index contributed by atoms with van der Waals surface area (Å²) in [5, 5.41) is 1.65. The lowest BCUT2D eigenvalue weighted by Gasteiger charge is -2.25. The topological polar surface area (TPSA) is 87.9 Å². The Balaban J connectivity index is 1.69. The van der Waals surface area contributed by atoms with Gasteiger partial charge in [-0.05, 0) is 47.2 Å². The van der Waals surface area contributed by atoms with Crippen molar-refractivity contribution in [2.45, 2.75) is 43.0 Å². The van der Waals surface area contributed by atoms with Gasteiger partial charge in [0.05, 0.1) is 24.9 Å². The normalized spacial score (nSPS) is 17.3. The van der Waals surface area contributed by atoms with Gasteiger partial charge in [-0.25, -0.2) is 13.3 Å². The fourth-order valence-electron chi connectivity index (χ4n) is 3.57. The third kappa shape index (κ3) is 4.08. The van der Waals surface area contributed by atoms with Crippen LogP contribution in [0.4, 0.5) is 5.69 Å². The maximum atomic E-state index is 13.3. The Labute approximate surface area is 184 Å². The van der Waals surface area contributed by atoms with Crippen molar-refractivity contribution in [3.63, 3.8) is 0 Å². The molecule has 3 heterocycles. The van der Waals surface area contributed by atoms with Gasteiger partial charge in [0.1, 0.15) is 16.0 Å². The molecule has 7 nitrogen and oxygen atoms in total. The Bertz CT molecular complexity index is 1170. The molecule has 1 unspecified atom stereocenters. The zero-order valence-corrected chi connectivity index (χ0v) is 18.7. The molecular formula is C22H22N2O5S2. The zero-order chi connectivity index (χ0) is 22.2. The Morgan fingerprint density at radius 1 is 1.13 bits per heavy atom. The fraction of sp³-hybridized carbons (Fsp3) is 0.273. The lowest BCUT2D eigenvalue weighted by Crippen LogP contribution is -2.44. The number of anilines is 1. The molecule has 0 N–H and O–H groups in total. The van der Waals surface area contributed by atoms with Crippen LogP contribution in [0.2, 0.25) is 0 Å². The second-order valence-corrected chi connectivity index (χ2v) is 10.7. The summed E-state index contributed by atoms with van der Waals surface area (Å²) in [6, 6.07) is 12.4. The lowest BCUT2D eigenvalue weighted by molar-refractivity contribution is -0.122. The van der Waals surface area contributed by atoms with Crippen molar-refractivity contribution in [1.29, 1.82) is 0 Å². The van der Waals surface area contributed by atoms with E-state index in [0.717, 1.165) is 26.1 Å². The second-order valence-electron chi connectivity index (χ2n) is 7.60. The molecule has 2 aromatic heterocycles. The van der Waals surface area contributed by atoms with Crippen LogP contribution in [-0.4, -0.2) is 30.6 Å². The average Bonchev–Trinajstić information content (AvgIpc) is 3.49. The molecule has 0 saturated carbocycles. The molecular weight excluding hydrogens is 436 g/mol. The highest BCUT2D eigenvalue weighted by Crippen LogP contribution is 2.32. The molecule has 1 atom stereocenters. The molecule has 1 aromatic carbocycles. The molecule has 9 heteroatoms. The summed E-state index contributed by atoms with van der Waals surface area (Å²) in [6.07, 6.45) is 1.21. The minimum Gasteiger partial charge on any atom is -0.468 e. The largest absolute Gasteiger partial charge is 0.468 e. The van der Waals surface area contributed by atoms with Crippen LogP contribution in [0.1, 0.15) is 37.5 Å². The number of carbonyl (C=O) groups is 2. The SMILES string of the molecule is CC(C)c1ccc(N2C(=O)CC(N(Cc3ccco3)S(=O)(=O)c3cccs3)C2=O)cc1. The predicted octanol–water partition coefficient (Wildman–Crippen LogP) is 3.99. The van der Waals surface area contributed by atoms with Gasteiger partial charge in [-0.3, -0.25) is 9.59 Å². The van der Waals surface area contributed by atoms with Crippen molar-refractivity contribution >= 4 is 38.9 Å². The van der Waals surface area contributed by atoms with Gasteiger partial charge < -0.3 is 4.42 Å². The predicted molar refractivity (Wildman–Crippen MR) is 117 cm³/mol. The Morgan fingerprint density at radius 2 is 1.87 bits per heavy atom. The number of benzene rings is 1. The molecule has 4 rings (SSSR count). The highest BCUT2D eigenvalue weighted by Gasteiger charge is 2.47.